The molecule has 0 saturated carbocycles. The number of nitrogens with one attached hydrogen (secondary N) is 3. The van der Waals surface area contributed by atoms with Gasteiger partial charge in [-0.1, -0.05) is 12.1 Å². The van der Waals surface area contributed by atoms with Gasteiger partial charge in [0, 0.05) is 23.7 Å². The Morgan fingerprint density at radius 3 is 2.67 bits per heavy atom. The molecule has 124 valence electrons. The van der Waals surface area contributed by atoms with E-state index in [-0.39, 0.29) is 10.6 Å². The fraction of sp³-hybridized carbons (Fsp3) is 0.0667. The Morgan fingerprint density at radius 2 is 2.04 bits per heavy atom. The van der Waals surface area contributed by atoms with E-state index in [0.717, 1.165) is 11.3 Å². The maximum atomic E-state index is 12.3. The summed E-state index contributed by atoms with van der Waals surface area (Å²) in [6.07, 6.45) is 2.86. The number of nitrogens with zero attached hydrogens (tertiary/aromatic N) is 1. The Labute approximate surface area is 138 Å². The van der Waals surface area contributed by atoms with Crippen LogP contribution in [-0.4, -0.2) is 29.3 Å². The Balaban J connectivity index is 1.89. The van der Waals surface area contributed by atoms with Gasteiger partial charge in [-0.05, 0) is 25.1 Å². The number of benzene rings is 1. The van der Waals surface area contributed by atoms with Crippen molar-refractivity contribution in [3.8, 4) is 11.4 Å². The number of sulfonamides is 1. The van der Waals surface area contributed by atoms with Crippen LogP contribution in [0.15, 0.2) is 47.6 Å². The van der Waals surface area contributed by atoms with Crippen LogP contribution in [0.4, 0.5) is 5.69 Å². The fourth-order valence-electron chi connectivity index (χ4n) is 2.21. The molecule has 0 radical (unpaired) electrons. The van der Waals surface area contributed by atoms with Crippen molar-refractivity contribution in [2.75, 3.05) is 5.32 Å². The summed E-state index contributed by atoms with van der Waals surface area (Å²) in [5.41, 5.74) is 2.25. The van der Waals surface area contributed by atoms with Gasteiger partial charge in [0.2, 0.25) is 10.0 Å². The number of rotatable bonds is 4. The highest BCUT2D eigenvalue weighted by atomic mass is 32.2. The van der Waals surface area contributed by atoms with Crippen molar-refractivity contribution < 1.29 is 13.2 Å². The van der Waals surface area contributed by atoms with Gasteiger partial charge in [0.25, 0.3) is 5.91 Å². The van der Waals surface area contributed by atoms with Gasteiger partial charge in [0.05, 0.1) is 10.6 Å². The zero-order chi connectivity index (χ0) is 17.3. The maximum Gasteiger partial charge on any atom is 0.272 e. The van der Waals surface area contributed by atoms with Crippen LogP contribution in [0.25, 0.3) is 11.4 Å². The lowest BCUT2D eigenvalue weighted by molar-refractivity contribution is 0.102. The molecule has 2 aromatic heterocycles. The van der Waals surface area contributed by atoms with E-state index in [1.807, 2.05) is 19.1 Å². The van der Waals surface area contributed by atoms with Gasteiger partial charge in [-0.2, -0.15) is 0 Å². The second kappa shape index (κ2) is 5.95. The molecule has 0 bridgehead atoms. The van der Waals surface area contributed by atoms with E-state index in [1.54, 1.807) is 18.3 Å². The number of H-pyrrole nitrogens is 2. The van der Waals surface area contributed by atoms with E-state index in [9.17, 15) is 13.2 Å². The number of aromatic nitrogens is 3. The first kappa shape index (κ1) is 16.0. The van der Waals surface area contributed by atoms with Gasteiger partial charge >= 0.3 is 0 Å². The van der Waals surface area contributed by atoms with Crippen LogP contribution < -0.4 is 10.5 Å². The van der Waals surface area contributed by atoms with Crippen molar-refractivity contribution in [3.63, 3.8) is 0 Å². The summed E-state index contributed by atoms with van der Waals surface area (Å²) in [5.74, 6) is 0.140. The molecule has 0 fully saturated rings. The summed E-state index contributed by atoms with van der Waals surface area (Å²) in [6.45, 7) is 1.88. The molecule has 0 aliphatic carbocycles. The quantitative estimate of drug-likeness (QED) is 0.571. The highest BCUT2D eigenvalue weighted by molar-refractivity contribution is 7.89. The fourth-order valence-corrected chi connectivity index (χ4v) is 2.71. The maximum absolute atomic E-state index is 12.3. The molecular formula is C15H15N5O3S. The number of imidazole rings is 1. The molecule has 0 spiro atoms. The summed E-state index contributed by atoms with van der Waals surface area (Å²) >= 11 is 0. The predicted molar refractivity (Wildman–Crippen MR) is 88.9 cm³/mol. The number of primary sulfonamides is 1. The van der Waals surface area contributed by atoms with Gasteiger partial charge in [-0.25, -0.2) is 18.5 Å². The summed E-state index contributed by atoms with van der Waals surface area (Å²) in [4.78, 5) is 22.1. The van der Waals surface area contributed by atoms with Crippen molar-refractivity contribution in [3.05, 3.63) is 54.1 Å². The molecule has 0 aliphatic heterocycles. The number of nitrogens with two attached hydrogens (primary N) is 1. The van der Waals surface area contributed by atoms with Crippen molar-refractivity contribution in [1.82, 2.24) is 15.0 Å². The number of para-hydroxylation sites is 1. The molecule has 9 heteroatoms. The first-order valence-corrected chi connectivity index (χ1v) is 8.53. The molecule has 0 saturated heterocycles. The topological polar surface area (TPSA) is 134 Å². The standard InChI is InChI=1S/C15H15N5O3S/c1-9-7-18-14(19-9)11-4-2-3-5-12(11)20-15(21)13-6-10(8-17-13)24(16,22)23/h2-8,17H,1H3,(H,18,19)(H,20,21)(H2,16,22,23). The lowest BCUT2D eigenvalue weighted by Gasteiger charge is -2.08. The van der Waals surface area contributed by atoms with Crippen LogP contribution >= 0.6 is 0 Å². The molecule has 0 unspecified atom stereocenters. The number of carbonyl (C=O) groups excluding carboxylic acids is 1. The summed E-state index contributed by atoms with van der Waals surface area (Å²) in [7, 11) is -3.86. The summed E-state index contributed by atoms with van der Waals surface area (Å²) in [5, 5.41) is 7.77. The Hall–Kier alpha value is -2.91. The van der Waals surface area contributed by atoms with E-state index in [1.165, 1.54) is 12.3 Å². The van der Waals surface area contributed by atoms with Crippen molar-refractivity contribution in [2.24, 2.45) is 5.14 Å². The molecule has 0 aliphatic rings. The molecule has 0 atom stereocenters. The van der Waals surface area contributed by atoms with Crippen LogP contribution in [0.3, 0.4) is 0 Å². The van der Waals surface area contributed by atoms with Gasteiger partial charge in [0.1, 0.15) is 11.5 Å². The van der Waals surface area contributed by atoms with Crippen LogP contribution in [0.1, 0.15) is 16.2 Å². The molecule has 3 rings (SSSR count). The molecule has 2 heterocycles. The normalized spacial score (nSPS) is 11.4. The van der Waals surface area contributed by atoms with Crippen molar-refractivity contribution >= 4 is 21.6 Å². The molecular weight excluding hydrogens is 330 g/mol. The number of hydrogen-bond acceptors (Lipinski definition) is 4. The van der Waals surface area contributed by atoms with Crippen LogP contribution in [-0.2, 0) is 10.0 Å². The largest absolute Gasteiger partial charge is 0.356 e. The van der Waals surface area contributed by atoms with Crippen LogP contribution in [0, 0.1) is 6.92 Å². The predicted octanol–water partition coefficient (Wildman–Crippen LogP) is 1.61. The third-order valence-electron chi connectivity index (χ3n) is 3.36. The number of anilines is 1. The second-order valence-corrected chi connectivity index (χ2v) is 6.77. The number of aromatic amines is 2. The van der Waals surface area contributed by atoms with Gasteiger partial charge in [-0.3, -0.25) is 4.79 Å². The third kappa shape index (κ3) is 3.21. The molecule has 8 nitrogen and oxygen atoms in total. The first-order chi connectivity index (χ1) is 11.3. The minimum absolute atomic E-state index is 0.0875. The third-order valence-corrected chi connectivity index (χ3v) is 4.26. The lowest BCUT2D eigenvalue weighted by atomic mass is 10.1. The van der Waals surface area contributed by atoms with E-state index in [0.29, 0.717) is 11.5 Å². The van der Waals surface area contributed by atoms with Crippen LogP contribution in [0.2, 0.25) is 0 Å². The second-order valence-electron chi connectivity index (χ2n) is 5.21. The average Bonchev–Trinajstić information content (AvgIpc) is 3.16. The number of hydrogen-bond donors (Lipinski definition) is 4. The highest BCUT2D eigenvalue weighted by Gasteiger charge is 2.16. The zero-order valence-electron chi connectivity index (χ0n) is 12.7. The van der Waals surface area contributed by atoms with E-state index >= 15 is 0 Å². The summed E-state index contributed by atoms with van der Waals surface area (Å²) < 4.78 is 22.6. The average molecular weight is 345 g/mol. The van der Waals surface area contributed by atoms with E-state index in [2.05, 4.69) is 20.3 Å². The summed E-state index contributed by atoms with van der Waals surface area (Å²) in [6, 6.07) is 8.34. The Morgan fingerprint density at radius 1 is 1.29 bits per heavy atom. The monoisotopic (exact) mass is 345 g/mol. The zero-order valence-corrected chi connectivity index (χ0v) is 13.5. The molecule has 3 aromatic rings. The number of carbonyl (C=O) groups is 1. The smallest absolute Gasteiger partial charge is 0.272 e. The molecule has 5 N–H and O–H groups in total. The van der Waals surface area contributed by atoms with Crippen molar-refractivity contribution in [1.29, 1.82) is 0 Å². The van der Waals surface area contributed by atoms with Crippen LogP contribution in [0.5, 0.6) is 0 Å². The minimum Gasteiger partial charge on any atom is -0.356 e. The lowest BCUT2D eigenvalue weighted by Crippen LogP contribution is -2.13. The number of aryl methyl sites for hydroxylation is 1. The van der Waals surface area contributed by atoms with Crippen molar-refractivity contribution in [2.45, 2.75) is 11.8 Å². The first-order valence-electron chi connectivity index (χ1n) is 6.98. The van der Waals surface area contributed by atoms with Gasteiger partial charge < -0.3 is 15.3 Å². The Bertz CT molecular complexity index is 1000. The molecule has 24 heavy (non-hydrogen) atoms. The Kier molecular flexibility index (Phi) is 3.96. The van der Waals surface area contributed by atoms with E-state index in [4.69, 9.17) is 5.14 Å². The highest BCUT2D eigenvalue weighted by Crippen LogP contribution is 2.25. The minimum atomic E-state index is -3.86. The van der Waals surface area contributed by atoms with Gasteiger partial charge in [-0.15, -0.1) is 0 Å². The van der Waals surface area contributed by atoms with E-state index < -0.39 is 15.9 Å². The molecule has 1 aromatic carbocycles. The van der Waals surface area contributed by atoms with Gasteiger partial charge in [0.15, 0.2) is 0 Å². The number of amides is 1. The SMILES string of the molecule is Cc1cnc(-c2ccccc2NC(=O)c2cc(S(N)(=O)=O)c[nH]2)[nH]1. The molecule has 1 amide bonds.